The molecule has 2 unspecified atom stereocenters. The zero-order chi connectivity index (χ0) is 13.1. The van der Waals surface area contributed by atoms with Gasteiger partial charge >= 0.3 is 0 Å². The van der Waals surface area contributed by atoms with Gasteiger partial charge in [0, 0.05) is 11.2 Å². The van der Waals surface area contributed by atoms with Crippen LogP contribution in [-0.4, -0.2) is 17.8 Å². The summed E-state index contributed by atoms with van der Waals surface area (Å²) in [6.07, 6.45) is 4.33. The molecule has 1 aromatic carbocycles. The number of fused-ring (bicyclic) bond motifs is 1. The molecule has 2 nitrogen and oxygen atoms in total. The molecule has 19 heavy (non-hydrogen) atoms. The van der Waals surface area contributed by atoms with Crippen LogP contribution in [0, 0.1) is 5.92 Å². The van der Waals surface area contributed by atoms with E-state index in [-0.39, 0.29) is 6.10 Å². The van der Waals surface area contributed by atoms with Gasteiger partial charge in [-0.3, -0.25) is 0 Å². The van der Waals surface area contributed by atoms with Gasteiger partial charge in [-0.05, 0) is 54.1 Å². The lowest BCUT2D eigenvalue weighted by atomic mass is 9.87. The van der Waals surface area contributed by atoms with Crippen molar-refractivity contribution in [2.24, 2.45) is 5.92 Å². The van der Waals surface area contributed by atoms with Crippen LogP contribution >= 0.6 is 11.3 Å². The topological polar surface area (TPSA) is 32.3 Å². The molecule has 2 aromatic rings. The maximum atomic E-state index is 9.68. The molecule has 1 heterocycles. The zero-order valence-electron chi connectivity index (χ0n) is 11.1. The normalized spacial score (nSPS) is 23.8. The van der Waals surface area contributed by atoms with Crippen molar-refractivity contribution in [1.29, 1.82) is 0 Å². The molecule has 0 saturated heterocycles. The fourth-order valence-electron chi connectivity index (χ4n) is 3.03. The molecule has 0 bridgehead atoms. The number of hydrogen-bond donors (Lipinski definition) is 2. The summed E-state index contributed by atoms with van der Waals surface area (Å²) in [5.41, 5.74) is 1.40. The van der Waals surface area contributed by atoms with E-state index >= 15 is 0 Å². The van der Waals surface area contributed by atoms with E-state index in [2.05, 4.69) is 35.0 Å². The third-order valence-corrected chi connectivity index (χ3v) is 5.08. The Balaban J connectivity index is 1.55. The Morgan fingerprint density at radius 2 is 2.16 bits per heavy atom. The summed E-state index contributed by atoms with van der Waals surface area (Å²) >= 11 is 1.82. The first-order valence-electron chi connectivity index (χ1n) is 7.17. The second kappa shape index (κ2) is 6.04. The van der Waals surface area contributed by atoms with E-state index in [9.17, 15) is 5.11 Å². The highest BCUT2D eigenvalue weighted by atomic mass is 32.1. The maximum absolute atomic E-state index is 9.68. The van der Waals surface area contributed by atoms with Gasteiger partial charge in [-0.1, -0.05) is 24.6 Å². The van der Waals surface area contributed by atoms with E-state index in [1.807, 2.05) is 11.3 Å². The predicted molar refractivity (Wildman–Crippen MR) is 81.5 cm³/mol. The van der Waals surface area contributed by atoms with Gasteiger partial charge in [-0.15, -0.1) is 11.3 Å². The Labute approximate surface area is 118 Å². The summed E-state index contributed by atoms with van der Waals surface area (Å²) in [5, 5.41) is 16.9. The summed E-state index contributed by atoms with van der Waals surface area (Å²) in [6, 6.07) is 8.59. The van der Waals surface area contributed by atoms with Crippen molar-refractivity contribution in [3.63, 3.8) is 0 Å². The van der Waals surface area contributed by atoms with E-state index in [1.165, 1.54) is 28.5 Å². The lowest BCUT2D eigenvalue weighted by Gasteiger charge is -2.25. The van der Waals surface area contributed by atoms with Crippen molar-refractivity contribution in [1.82, 2.24) is 5.32 Å². The second-order valence-corrected chi connectivity index (χ2v) is 6.49. The van der Waals surface area contributed by atoms with Crippen LogP contribution in [0.5, 0.6) is 0 Å². The van der Waals surface area contributed by atoms with Crippen LogP contribution in [0.3, 0.4) is 0 Å². The van der Waals surface area contributed by atoms with E-state index < -0.39 is 0 Å². The lowest BCUT2D eigenvalue weighted by Crippen LogP contribution is -2.28. The van der Waals surface area contributed by atoms with E-state index in [0.717, 1.165) is 25.9 Å². The summed E-state index contributed by atoms with van der Waals surface area (Å²) < 4.78 is 1.37. The molecule has 0 radical (unpaired) electrons. The Bertz CT molecular complexity index is 536. The number of nitrogens with one attached hydrogen (secondary N) is 1. The molecule has 1 fully saturated rings. The average Bonchev–Trinajstić information content (AvgIpc) is 2.83. The molecule has 102 valence electrons. The highest BCUT2D eigenvalue weighted by Crippen LogP contribution is 2.26. The Hall–Kier alpha value is -0.900. The fourth-order valence-corrected chi connectivity index (χ4v) is 3.99. The Morgan fingerprint density at radius 1 is 1.26 bits per heavy atom. The average molecular weight is 275 g/mol. The Morgan fingerprint density at radius 3 is 3.05 bits per heavy atom. The quantitative estimate of drug-likeness (QED) is 0.894. The predicted octanol–water partition coefficient (Wildman–Crippen LogP) is 3.54. The van der Waals surface area contributed by atoms with Crippen LogP contribution in [0.2, 0.25) is 0 Å². The van der Waals surface area contributed by atoms with Crippen LogP contribution in [0.15, 0.2) is 29.6 Å². The molecule has 1 saturated carbocycles. The van der Waals surface area contributed by atoms with Gasteiger partial charge in [0.2, 0.25) is 0 Å². The van der Waals surface area contributed by atoms with Crippen LogP contribution in [0.4, 0.5) is 0 Å². The summed E-state index contributed by atoms with van der Waals surface area (Å²) in [7, 11) is 0. The maximum Gasteiger partial charge on any atom is 0.0543 e. The molecule has 0 spiro atoms. The molecule has 0 aliphatic heterocycles. The van der Waals surface area contributed by atoms with Crippen molar-refractivity contribution < 1.29 is 5.11 Å². The van der Waals surface area contributed by atoms with Crippen molar-refractivity contribution in [2.45, 2.75) is 38.3 Å². The van der Waals surface area contributed by atoms with Gasteiger partial charge in [0.15, 0.2) is 0 Å². The van der Waals surface area contributed by atoms with Crippen molar-refractivity contribution in [3.05, 3.63) is 35.2 Å². The highest BCUT2D eigenvalue weighted by Gasteiger charge is 2.19. The minimum absolute atomic E-state index is 0.0671. The molecule has 0 amide bonds. The van der Waals surface area contributed by atoms with Gasteiger partial charge < -0.3 is 10.4 Å². The van der Waals surface area contributed by atoms with Gasteiger partial charge in [0.25, 0.3) is 0 Å². The van der Waals surface area contributed by atoms with E-state index in [0.29, 0.717) is 5.92 Å². The summed E-state index contributed by atoms with van der Waals surface area (Å²) in [5.74, 6) is 0.647. The smallest absolute Gasteiger partial charge is 0.0543 e. The molecular weight excluding hydrogens is 254 g/mol. The second-order valence-electron chi connectivity index (χ2n) is 5.57. The van der Waals surface area contributed by atoms with E-state index in [1.54, 1.807) is 0 Å². The zero-order valence-corrected chi connectivity index (χ0v) is 12.0. The van der Waals surface area contributed by atoms with Gasteiger partial charge in [0.05, 0.1) is 6.10 Å². The summed E-state index contributed by atoms with van der Waals surface area (Å²) in [6.45, 7) is 1.97. The van der Waals surface area contributed by atoms with Gasteiger partial charge in [0.1, 0.15) is 0 Å². The highest BCUT2D eigenvalue weighted by molar-refractivity contribution is 7.17. The molecule has 2 atom stereocenters. The van der Waals surface area contributed by atoms with Crippen LogP contribution < -0.4 is 5.32 Å². The molecule has 3 heteroatoms. The third kappa shape index (κ3) is 3.16. The summed E-state index contributed by atoms with van der Waals surface area (Å²) in [4.78, 5) is 0. The van der Waals surface area contributed by atoms with Crippen LogP contribution in [-0.2, 0) is 6.54 Å². The first-order chi connectivity index (χ1) is 9.33. The standard InChI is InChI=1S/C16H21NOS/c18-14-5-3-4-12(8-14)9-17-10-13-11-19-16-7-2-1-6-15(13)16/h1-2,6-7,11-12,14,17-18H,3-5,8-10H2. The van der Waals surface area contributed by atoms with Crippen molar-refractivity contribution in [2.75, 3.05) is 6.54 Å². The number of aliphatic hydroxyl groups is 1. The number of benzene rings is 1. The van der Waals surface area contributed by atoms with E-state index in [4.69, 9.17) is 0 Å². The fraction of sp³-hybridized carbons (Fsp3) is 0.500. The first-order valence-corrected chi connectivity index (χ1v) is 8.05. The van der Waals surface area contributed by atoms with Crippen molar-refractivity contribution >= 4 is 21.4 Å². The molecule has 2 N–H and O–H groups in total. The Kier molecular flexibility index (Phi) is 4.16. The van der Waals surface area contributed by atoms with Crippen molar-refractivity contribution in [3.8, 4) is 0 Å². The van der Waals surface area contributed by atoms with Gasteiger partial charge in [-0.25, -0.2) is 0 Å². The molecule has 1 aromatic heterocycles. The largest absolute Gasteiger partial charge is 0.393 e. The number of rotatable bonds is 4. The molecule has 1 aliphatic carbocycles. The van der Waals surface area contributed by atoms with Crippen LogP contribution in [0.1, 0.15) is 31.2 Å². The minimum atomic E-state index is -0.0671. The molecule has 1 aliphatic rings. The lowest BCUT2D eigenvalue weighted by molar-refractivity contribution is 0.101. The monoisotopic (exact) mass is 275 g/mol. The first kappa shape index (κ1) is 13.1. The molecular formula is C16H21NOS. The number of thiophene rings is 1. The third-order valence-electron chi connectivity index (χ3n) is 4.06. The molecule has 3 rings (SSSR count). The number of aliphatic hydroxyl groups excluding tert-OH is 1. The minimum Gasteiger partial charge on any atom is -0.393 e. The SMILES string of the molecule is OC1CCCC(CNCc2csc3ccccc23)C1. The van der Waals surface area contributed by atoms with Crippen LogP contribution in [0.25, 0.3) is 10.1 Å². The van der Waals surface area contributed by atoms with Gasteiger partial charge in [-0.2, -0.15) is 0 Å². The number of hydrogen-bond acceptors (Lipinski definition) is 3.